The van der Waals surface area contributed by atoms with E-state index in [1.165, 1.54) is 0 Å². The highest BCUT2D eigenvalue weighted by Crippen LogP contribution is 2.22. The molecule has 0 saturated heterocycles. The van der Waals surface area contributed by atoms with E-state index in [0.717, 1.165) is 17.9 Å². The molecule has 1 aromatic carbocycles. The Morgan fingerprint density at radius 1 is 1.38 bits per heavy atom. The van der Waals surface area contributed by atoms with Crippen LogP contribution >= 0.6 is 11.6 Å². The van der Waals surface area contributed by atoms with Gasteiger partial charge in [0.1, 0.15) is 0 Å². The monoisotopic (exact) mass is 306 g/mol. The lowest BCUT2D eigenvalue weighted by atomic mass is 10.1. The molecule has 0 saturated carbocycles. The molecular formula is C15H19ClN4O. The van der Waals surface area contributed by atoms with Crippen molar-refractivity contribution in [3.63, 3.8) is 0 Å². The molecule has 2 aromatic rings. The Hall–Kier alpha value is -2.01. The maximum atomic E-state index is 12.2. The van der Waals surface area contributed by atoms with Gasteiger partial charge in [-0.2, -0.15) is 5.10 Å². The van der Waals surface area contributed by atoms with Crippen LogP contribution < -0.4 is 5.32 Å². The molecule has 0 fully saturated rings. The van der Waals surface area contributed by atoms with Gasteiger partial charge in [-0.15, -0.1) is 0 Å². The Balaban J connectivity index is 2.22. The molecule has 0 bridgehead atoms. The molecule has 0 aliphatic heterocycles. The fourth-order valence-corrected chi connectivity index (χ4v) is 2.24. The van der Waals surface area contributed by atoms with Crippen molar-refractivity contribution in [2.75, 3.05) is 19.4 Å². The van der Waals surface area contributed by atoms with Gasteiger partial charge in [0, 0.05) is 37.5 Å². The van der Waals surface area contributed by atoms with Gasteiger partial charge in [0.2, 0.25) is 0 Å². The second kappa shape index (κ2) is 6.63. The highest BCUT2D eigenvalue weighted by molar-refractivity contribution is 6.31. The lowest BCUT2D eigenvalue weighted by Gasteiger charge is -2.16. The number of rotatable bonds is 5. The van der Waals surface area contributed by atoms with E-state index in [1.54, 1.807) is 43.4 Å². The molecule has 112 valence electrons. The van der Waals surface area contributed by atoms with E-state index in [4.69, 9.17) is 11.6 Å². The smallest absolute Gasteiger partial charge is 0.255 e. The highest BCUT2D eigenvalue weighted by Gasteiger charge is 2.14. The first-order valence-electron chi connectivity index (χ1n) is 6.78. The minimum Gasteiger partial charge on any atom is -0.379 e. The van der Waals surface area contributed by atoms with Crippen LogP contribution in [0.5, 0.6) is 0 Å². The summed E-state index contributed by atoms with van der Waals surface area (Å²) >= 11 is 6.04. The number of nitrogens with zero attached hydrogens (tertiary/aromatic N) is 3. The Morgan fingerprint density at radius 3 is 2.81 bits per heavy atom. The number of anilines is 1. The summed E-state index contributed by atoms with van der Waals surface area (Å²) < 4.78 is 1.91. The number of aryl methyl sites for hydroxylation is 1. The van der Waals surface area contributed by atoms with Crippen LogP contribution in [-0.4, -0.2) is 34.7 Å². The van der Waals surface area contributed by atoms with Crippen molar-refractivity contribution in [3.05, 3.63) is 46.7 Å². The number of amides is 1. The first-order valence-corrected chi connectivity index (χ1v) is 7.16. The average molecular weight is 307 g/mol. The standard InChI is InChI=1S/C15H19ClN4O/c1-4-20-12(7-8-18-20)10-17-14-9-11(16)5-6-13(14)15(21)19(2)3/h5-9,17H,4,10H2,1-3H3. The fraction of sp³-hybridized carbons (Fsp3) is 0.333. The van der Waals surface area contributed by atoms with Crippen LogP contribution in [0.15, 0.2) is 30.5 Å². The van der Waals surface area contributed by atoms with Crippen molar-refractivity contribution in [2.24, 2.45) is 0 Å². The predicted octanol–water partition coefficient (Wildman–Crippen LogP) is 2.87. The topological polar surface area (TPSA) is 50.2 Å². The molecule has 0 spiro atoms. The molecule has 1 N–H and O–H groups in total. The second-order valence-electron chi connectivity index (χ2n) is 4.88. The lowest BCUT2D eigenvalue weighted by Crippen LogP contribution is -2.23. The van der Waals surface area contributed by atoms with Crippen molar-refractivity contribution in [1.29, 1.82) is 0 Å². The maximum absolute atomic E-state index is 12.2. The first kappa shape index (κ1) is 15.4. The quantitative estimate of drug-likeness (QED) is 0.924. The van der Waals surface area contributed by atoms with E-state index in [1.807, 2.05) is 17.7 Å². The molecule has 0 radical (unpaired) electrons. The summed E-state index contributed by atoms with van der Waals surface area (Å²) in [7, 11) is 3.46. The van der Waals surface area contributed by atoms with Gasteiger partial charge in [0.25, 0.3) is 5.91 Å². The van der Waals surface area contributed by atoms with Crippen molar-refractivity contribution >= 4 is 23.2 Å². The van der Waals surface area contributed by atoms with Crippen LogP contribution in [0.4, 0.5) is 5.69 Å². The fourth-order valence-electron chi connectivity index (χ4n) is 2.07. The Morgan fingerprint density at radius 2 is 2.14 bits per heavy atom. The molecule has 0 aliphatic rings. The largest absolute Gasteiger partial charge is 0.379 e. The zero-order chi connectivity index (χ0) is 15.4. The third-order valence-corrected chi connectivity index (χ3v) is 3.42. The highest BCUT2D eigenvalue weighted by atomic mass is 35.5. The van der Waals surface area contributed by atoms with Gasteiger partial charge in [-0.3, -0.25) is 9.48 Å². The van der Waals surface area contributed by atoms with Crippen LogP contribution in [0.25, 0.3) is 0 Å². The van der Waals surface area contributed by atoms with Crippen LogP contribution in [0, 0.1) is 0 Å². The number of hydrogen-bond donors (Lipinski definition) is 1. The van der Waals surface area contributed by atoms with Gasteiger partial charge in [-0.1, -0.05) is 11.6 Å². The van der Waals surface area contributed by atoms with Gasteiger partial charge in [0.15, 0.2) is 0 Å². The van der Waals surface area contributed by atoms with Crippen molar-refractivity contribution in [3.8, 4) is 0 Å². The van der Waals surface area contributed by atoms with Gasteiger partial charge in [-0.05, 0) is 31.2 Å². The van der Waals surface area contributed by atoms with Crippen molar-refractivity contribution in [1.82, 2.24) is 14.7 Å². The molecule has 21 heavy (non-hydrogen) atoms. The zero-order valence-electron chi connectivity index (χ0n) is 12.4. The summed E-state index contributed by atoms with van der Waals surface area (Å²) in [6.45, 7) is 3.43. The molecule has 0 aliphatic carbocycles. The minimum atomic E-state index is -0.0573. The summed E-state index contributed by atoms with van der Waals surface area (Å²) in [6, 6.07) is 7.18. The number of carbonyl (C=O) groups excluding carboxylic acids is 1. The molecule has 1 amide bonds. The Bertz CT molecular complexity index is 636. The molecule has 0 unspecified atom stereocenters. The molecule has 1 heterocycles. The summed E-state index contributed by atoms with van der Waals surface area (Å²) in [6.07, 6.45) is 1.77. The van der Waals surface area contributed by atoms with Crippen LogP contribution in [-0.2, 0) is 13.1 Å². The average Bonchev–Trinajstić information content (AvgIpc) is 2.91. The van der Waals surface area contributed by atoms with E-state index in [-0.39, 0.29) is 5.91 Å². The molecule has 1 aromatic heterocycles. The van der Waals surface area contributed by atoms with Gasteiger partial charge >= 0.3 is 0 Å². The molecule has 2 rings (SSSR count). The van der Waals surface area contributed by atoms with E-state index in [0.29, 0.717) is 17.1 Å². The van der Waals surface area contributed by atoms with Crippen molar-refractivity contribution in [2.45, 2.75) is 20.0 Å². The van der Waals surface area contributed by atoms with Gasteiger partial charge in [0.05, 0.1) is 17.8 Å². The number of carbonyl (C=O) groups is 1. The van der Waals surface area contributed by atoms with E-state index < -0.39 is 0 Å². The van der Waals surface area contributed by atoms with E-state index in [2.05, 4.69) is 10.4 Å². The summed E-state index contributed by atoms with van der Waals surface area (Å²) in [5, 5.41) is 8.09. The Kier molecular flexibility index (Phi) is 4.85. The van der Waals surface area contributed by atoms with E-state index >= 15 is 0 Å². The third kappa shape index (κ3) is 3.55. The normalized spacial score (nSPS) is 10.5. The molecule has 0 atom stereocenters. The van der Waals surface area contributed by atoms with Gasteiger partial charge in [-0.25, -0.2) is 0 Å². The number of halogens is 1. The lowest BCUT2D eigenvalue weighted by molar-refractivity contribution is 0.0828. The number of nitrogens with one attached hydrogen (secondary N) is 1. The summed E-state index contributed by atoms with van der Waals surface area (Å²) in [4.78, 5) is 13.7. The predicted molar refractivity (Wildman–Crippen MR) is 84.7 cm³/mol. The minimum absolute atomic E-state index is 0.0573. The first-order chi connectivity index (χ1) is 10.0. The van der Waals surface area contributed by atoms with Crippen LogP contribution in [0.2, 0.25) is 5.02 Å². The number of hydrogen-bond acceptors (Lipinski definition) is 3. The van der Waals surface area contributed by atoms with E-state index in [9.17, 15) is 4.79 Å². The second-order valence-corrected chi connectivity index (χ2v) is 5.32. The van der Waals surface area contributed by atoms with Crippen molar-refractivity contribution < 1.29 is 4.79 Å². The third-order valence-electron chi connectivity index (χ3n) is 3.18. The maximum Gasteiger partial charge on any atom is 0.255 e. The summed E-state index contributed by atoms with van der Waals surface area (Å²) in [5.74, 6) is -0.0573. The SMILES string of the molecule is CCn1nccc1CNc1cc(Cl)ccc1C(=O)N(C)C. The molecule has 5 nitrogen and oxygen atoms in total. The zero-order valence-corrected chi connectivity index (χ0v) is 13.2. The molecule has 6 heteroatoms. The number of benzene rings is 1. The Labute approximate surface area is 129 Å². The van der Waals surface area contributed by atoms with Crippen LogP contribution in [0.3, 0.4) is 0 Å². The van der Waals surface area contributed by atoms with Crippen LogP contribution in [0.1, 0.15) is 23.0 Å². The molecular weight excluding hydrogens is 288 g/mol. The number of aromatic nitrogens is 2. The van der Waals surface area contributed by atoms with Gasteiger partial charge < -0.3 is 10.2 Å². The summed E-state index contributed by atoms with van der Waals surface area (Å²) in [5.41, 5.74) is 2.39.